The highest BCUT2D eigenvalue weighted by Gasteiger charge is 2.12. The van der Waals surface area contributed by atoms with Gasteiger partial charge in [-0.05, 0) is 50.8 Å². The maximum atomic E-state index is 12.2. The first kappa shape index (κ1) is 16.6. The standard InChI is InChI=1S/C17H22ClN3O/c1-20(2)10-4-9-19-17(22)16-11-14(12-21(16)3)13-5-7-15(18)8-6-13/h5-8,11-12H,4,9-10H2,1-3H3,(H,19,22). The Balaban J connectivity index is 2.03. The summed E-state index contributed by atoms with van der Waals surface area (Å²) in [5.74, 6) is -0.0403. The van der Waals surface area contributed by atoms with Crippen LogP contribution in [0.2, 0.25) is 5.02 Å². The van der Waals surface area contributed by atoms with Crippen molar-refractivity contribution in [2.45, 2.75) is 6.42 Å². The average molecular weight is 320 g/mol. The van der Waals surface area contributed by atoms with Crippen molar-refractivity contribution >= 4 is 17.5 Å². The summed E-state index contributed by atoms with van der Waals surface area (Å²) < 4.78 is 1.85. The van der Waals surface area contributed by atoms with E-state index in [0.29, 0.717) is 17.3 Å². The summed E-state index contributed by atoms with van der Waals surface area (Å²) in [7, 11) is 5.93. The molecule has 2 aromatic rings. The molecule has 1 N–H and O–H groups in total. The number of halogens is 1. The molecule has 1 aromatic carbocycles. The summed E-state index contributed by atoms with van der Waals surface area (Å²) >= 11 is 5.91. The molecule has 0 atom stereocenters. The third kappa shape index (κ3) is 4.36. The minimum Gasteiger partial charge on any atom is -0.351 e. The minimum atomic E-state index is -0.0403. The number of aromatic nitrogens is 1. The third-order valence-electron chi connectivity index (χ3n) is 3.48. The zero-order valence-corrected chi connectivity index (χ0v) is 14.0. The van der Waals surface area contributed by atoms with Crippen LogP contribution in [0.1, 0.15) is 16.9 Å². The predicted octanol–water partition coefficient (Wildman–Crippen LogP) is 3.03. The summed E-state index contributed by atoms with van der Waals surface area (Å²) in [4.78, 5) is 14.3. The molecule has 2 rings (SSSR count). The molecule has 118 valence electrons. The number of carbonyl (C=O) groups excluding carboxylic acids is 1. The molecule has 0 saturated carbocycles. The molecular weight excluding hydrogens is 298 g/mol. The van der Waals surface area contributed by atoms with Crippen LogP contribution < -0.4 is 5.32 Å². The van der Waals surface area contributed by atoms with Gasteiger partial charge >= 0.3 is 0 Å². The Bertz CT molecular complexity index is 632. The Morgan fingerprint density at radius 2 is 1.91 bits per heavy atom. The molecule has 1 aromatic heterocycles. The first-order chi connectivity index (χ1) is 10.5. The van der Waals surface area contributed by atoms with Crippen LogP contribution in [0, 0.1) is 0 Å². The first-order valence-electron chi connectivity index (χ1n) is 7.32. The van der Waals surface area contributed by atoms with E-state index in [4.69, 9.17) is 11.6 Å². The second kappa shape index (κ2) is 7.47. The lowest BCUT2D eigenvalue weighted by Crippen LogP contribution is -2.28. The Morgan fingerprint density at radius 1 is 1.23 bits per heavy atom. The van der Waals surface area contributed by atoms with Gasteiger partial charge in [-0.1, -0.05) is 23.7 Å². The van der Waals surface area contributed by atoms with Crippen molar-refractivity contribution in [3.05, 3.63) is 47.2 Å². The zero-order valence-electron chi connectivity index (χ0n) is 13.3. The van der Waals surface area contributed by atoms with E-state index in [2.05, 4.69) is 10.2 Å². The fraction of sp³-hybridized carbons (Fsp3) is 0.353. The van der Waals surface area contributed by atoms with Crippen LogP contribution in [0.15, 0.2) is 36.5 Å². The Hall–Kier alpha value is -1.78. The molecule has 1 heterocycles. The smallest absolute Gasteiger partial charge is 0.267 e. The molecule has 0 aliphatic heterocycles. The van der Waals surface area contributed by atoms with Crippen molar-refractivity contribution in [2.75, 3.05) is 27.2 Å². The first-order valence-corrected chi connectivity index (χ1v) is 7.70. The van der Waals surface area contributed by atoms with Gasteiger partial charge in [0.1, 0.15) is 5.69 Å². The summed E-state index contributed by atoms with van der Waals surface area (Å²) in [6, 6.07) is 9.52. The topological polar surface area (TPSA) is 37.3 Å². The van der Waals surface area contributed by atoms with Gasteiger partial charge in [-0.15, -0.1) is 0 Å². The quantitative estimate of drug-likeness (QED) is 0.831. The van der Waals surface area contributed by atoms with E-state index in [1.807, 2.05) is 62.2 Å². The molecule has 0 fully saturated rings. The number of nitrogens with one attached hydrogen (secondary N) is 1. The van der Waals surface area contributed by atoms with Gasteiger partial charge in [0.2, 0.25) is 0 Å². The van der Waals surface area contributed by atoms with E-state index in [1.165, 1.54) is 0 Å². The molecule has 0 unspecified atom stereocenters. The lowest BCUT2D eigenvalue weighted by atomic mass is 10.1. The van der Waals surface area contributed by atoms with Crippen LogP contribution in [-0.4, -0.2) is 42.6 Å². The van der Waals surface area contributed by atoms with Gasteiger partial charge in [0.25, 0.3) is 5.91 Å². The molecule has 4 nitrogen and oxygen atoms in total. The van der Waals surface area contributed by atoms with Gasteiger partial charge in [0.15, 0.2) is 0 Å². The van der Waals surface area contributed by atoms with Gasteiger partial charge in [-0.3, -0.25) is 4.79 Å². The van der Waals surface area contributed by atoms with Gasteiger partial charge < -0.3 is 14.8 Å². The molecule has 0 spiro atoms. The number of benzene rings is 1. The molecule has 1 amide bonds. The number of nitrogens with zero attached hydrogens (tertiary/aromatic N) is 2. The Morgan fingerprint density at radius 3 is 2.55 bits per heavy atom. The highest BCUT2D eigenvalue weighted by Crippen LogP contribution is 2.23. The normalized spacial score (nSPS) is 11.0. The second-order valence-electron chi connectivity index (χ2n) is 5.64. The van der Waals surface area contributed by atoms with Crippen molar-refractivity contribution in [1.82, 2.24) is 14.8 Å². The van der Waals surface area contributed by atoms with Crippen molar-refractivity contribution in [3.8, 4) is 11.1 Å². The van der Waals surface area contributed by atoms with Crippen LogP contribution >= 0.6 is 11.6 Å². The number of aryl methyl sites for hydroxylation is 1. The maximum absolute atomic E-state index is 12.2. The number of rotatable bonds is 6. The average Bonchev–Trinajstić information content (AvgIpc) is 2.86. The molecular formula is C17H22ClN3O. The van der Waals surface area contributed by atoms with Crippen molar-refractivity contribution < 1.29 is 4.79 Å². The Kier molecular flexibility index (Phi) is 5.63. The maximum Gasteiger partial charge on any atom is 0.267 e. The van der Waals surface area contributed by atoms with Crippen LogP contribution in [0.25, 0.3) is 11.1 Å². The number of carbonyl (C=O) groups is 1. The second-order valence-corrected chi connectivity index (χ2v) is 6.08. The summed E-state index contributed by atoms with van der Waals surface area (Å²) in [5, 5.41) is 3.67. The predicted molar refractivity (Wildman–Crippen MR) is 91.4 cm³/mol. The highest BCUT2D eigenvalue weighted by molar-refractivity contribution is 6.30. The molecule has 0 bridgehead atoms. The van der Waals surface area contributed by atoms with Crippen molar-refractivity contribution in [1.29, 1.82) is 0 Å². The van der Waals surface area contributed by atoms with E-state index < -0.39 is 0 Å². The largest absolute Gasteiger partial charge is 0.351 e. The monoisotopic (exact) mass is 319 g/mol. The van der Waals surface area contributed by atoms with Gasteiger partial charge in [0.05, 0.1) is 0 Å². The molecule has 0 radical (unpaired) electrons. The fourth-order valence-corrected chi connectivity index (χ4v) is 2.40. The summed E-state index contributed by atoms with van der Waals surface area (Å²) in [5.41, 5.74) is 2.72. The SMILES string of the molecule is CN(C)CCCNC(=O)c1cc(-c2ccc(Cl)cc2)cn1C. The van der Waals surface area contributed by atoms with Gasteiger partial charge in [-0.2, -0.15) is 0 Å². The molecule has 0 aliphatic rings. The summed E-state index contributed by atoms with van der Waals surface area (Å²) in [6.07, 6.45) is 2.89. The van der Waals surface area contributed by atoms with Crippen LogP contribution in [0.5, 0.6) is 0 Å². The van der Waals surface area contributed by atoms with Crippen LogP contribution in [0.4, 0.5) is 0 Å². The molecule has 5 heteroatoms. The lowest BCUT2D eigenvalue weighted by Gasteiger charge is -2.10. The van der Waals surface area contributed by atoms with E-state index in [9.17, 15) is 4.79 Å². The number of amides is 1. The third-order valence-corrected chi connectivity index (χ3v) is 3.73. The minimum absolute atomic E-state index is 0.0403. The van der Waals surface area contributed by atoms with E-state index in [-0.39, 0.29) is 5.91 Å². The van der Waals surface area contributed by atoms with Crippen molar-refractivity contribution in [2.24, 2.45) is 7.05 Å². The zero-order chi connectivity index (χ0) is 16.1. The van der Waals surface area contributed by atoms with Crippen LogP contribution in [-0.2, 0) is 7.05 Å². The lowest BCUT2D eigenvalue weighted by molar-refractivity contribution is 0.0944. The molecule has 22 heavy (non-hydrogen) atoms. The molecule has 0 saturated heterocycles. The summed E-state index contributed by atoms with van der Waals surface area (Å²) in [6.45, 7) is 1.64. The fourth-order valence-electron chi connectivity index (χ4n) is 2.28. The van der Waals surface area contributed by atoms with E-state index in [1.54, 1.807) is 0 Å². The Labute approximate surface area is 136 Å². The van der Waals surface area contributed by atoms with Gasteiger partial charge in [0, 0.05) is 30.4 Å². The van der Waals surface area contributed by atoms with E-state index in [0.717, 1.165) is 24.1 Å². The van der Waals surface area contributed by atoms with Gasteiger partial charge in [-0.25, -0.2) is 0 Å². The van der Waals surface area contributed by atoms with Crippen LogP contribution in [0.3, 0.4) is 0 Å². The number of hydrogen-bond acceptors (Lipinski definition) is 2. The number of hydrogen-bond donors (Lipinski definition) is 1. The van der Waals surface area contributed by atoms with E-state index >= 15 is 0 Å². The van der Waals surface area contributed by atoms with Crippen molar-refractivity contribution in [3.63, 3.8) is 0 Å². The highest BCUT2D eigenvalue weighted by atomic mass is 35.5. The molecule has 0 aliphatic carbocycles.